The van der Waals surface area contributed by atoms with Crippen molar-refractivity contribution in [2.24, 2.45) is 0 Å². The molecule has 0 N–H and O–H groups in total. The quantitative estimate of drug-likeness (QED) is 0.331. The van der Waals surface area contributed by atoms with Gasteiger partial charge in [-0.1, -0.05) is 39.8 Å². The smallest absolute Gasteiger partial charge is 0.192 e. The molecule has 1 aliphatic carbocycles. The van der Waals surface area contributed by atoms with E-state index in [2.05, 4.69) is 53.2 Å². The van der Waals surface area contributed by atoms with Crippen LogP contribution in [0.15, 0.2) is 63.8 Å². The molecule has 5 rings (SSSR count). The lowest BCUT2D eigenvalue weighted by atomic mass is 10.2. The zero-order valence-corrected chi connectivity index (χ0v) is 18.0. The first-order valence-electron chi connectivity index (χ1n) is 8.96. The zero-order valence-electron chi connectivity index (χ0n) is 14.8. The van der Waals surface area contributed by atoms with Crippen LogP contribution in [0.4, 0.5) is 0 Å². The van der Waals surface area contributed by atoms with Crippen molar-refractivity contribution in [3.8, 4) is 22.0 Å². The van der Waals surface area contributed by atoms with Gasteiger partial charge in [-0.2, -0.15) is 0 Å². The molecule has 140 valence electrons. The van der Waals surface area contributed by atoms with Crippen LogP contribution in [0.2, 0.25) is 0 Å². The standard InChI is InChI=1S/C20H16BrN5S2/c21-15-5-1-3-13(9-15)19-23-16(11-27-19)12-28-20-25-24-18(26(20)17-6-7-17)14-4-2-8-22-10-14/h1-5,8-11,17H,6-7,12H2. The van der Waals surface area contributed by atoms with Gasteiger partial charge in [-0.05, 0) is 37.1 Å². The normalized spacial score (nSPS) is 13.8. The van der Waals surface area contributed by atoms with Gasteiger partial charge in [0.15, 0.2) is 11.0 Å². The third-order valence-corrected chi connectivity index (χ3v) is 6.88. The molecular weight excluding hydrogens is 454 g/mol. The number of thioether (sulfide) groups is 1. The Morgan fingerprint density at radius 1 is 1.14 bits per heavy atom. The van der Waals surface area contributed by atoms with Gasteiger partial charge in [0, 0.05) is 45.2 Å². The number of nitrogens with zero attached hydrogens (tertiary/aromatic N) is 5. The first kappa shape index (κ1) is 18.0. The zero-order chi connectivity index (χ0) is 18.9. The fourth-order valence-corrected chi connectivity index (χ4v) is 5.21. The fourth-order valence-electron chi connectivity index (χ4n) is 3.00. The second-order valence-corrected chi connectivity index (χ2v) is 9.31. The molecule has 0 amide bonds. The molecule has 4 aromatic rings. The van der Waals surface area contributed by atoms with Crippen LogP contribution in [-0.2, 0) is 5.75 Å². The van der Waals surface area contributed by atoms with Crippen LogP contribution in [0.1, 0.15) is 24.6 Å². The van der Waals surface area contributed by atoms with Crippen LogP contribution in [0.3, 0.4) is 0 Å². The van der Waals surface area contributed by atoms with E-state index in [9.17, 15) is 0 Å². The van der Waals surface area contributed by atoms with Crippen molar-refractivity contribution < 1.29 is 0 Å². The number of aromatic nitrogens is 5. The summed E-state index contributed by atoms with van der Waals surface area (Å²) in [6, 6.07) is 12.7. The summed E-state index contributed by atoms with van der Waals surface area (Å²) in [5.41, 5.74) is 3.22. The van der Waals surface area contributed by atoms with Crippen LogP contribution in [0.25, 0.3) is 22.0 Å². The summed E-state index contributed by atoms with van der Waals surface area (Å²) in [6.07, 6.45) is 6.00. The SMILES string of the molecule is Brc1cccc(-c2nc(CSc3nnc(-c4cccnc4)n3C3CC3)cs2)c1. The van der Waals surface area contributed by atoms with E-state index in [4.69, 9.17) is 4.98 Å². The number of halogens is 1. The maximum atomic E-state index is 4.80. The van der Waals surface area contributed by atoms with Gasteiger partial charge in [0.1, 0.15) is 5.01 Å². The van der Waals surface area contributed by atoms with Crippen LogP contribution in [-0.4, -0.2) is 24.7 Å². The van der Waals surface area contributed by atoms with E-state index < -0.39 is 0 Å². The van der Waals surface area contributed by atoms with E-state index in [0.29, 0.717) is 6.04 Å². The highest BCUT2D eigenvalue weighted by Crippen LogP contribution is 2.41. The Balaban J connectivity index is 1.36. The molecule has 3 heterocycles. The van der Waals surface area contributed by atoms with Gasteiger partial charge in [0.25, 0.3) is 0 Å². The molecule has 1 aliphatic rings. The molecule has 8 heteroatoms. The topological polar surface area (TPSA) is 56.5 Å². The maximum absolute atomic E-state index is 4.80. The first-order valence-corrected chi connectivity index (χ1v) is 11.6. The molecule has 1 fully saturated rings. The second kappa shape index (κ2) is 7.77. The molecule has 3 aromatic heterocycles. The molecule has 28 heavy (non-hydrogen) atoms. The van der Waals surface area contributed by atoms with Crippen LogP contribution < -0.4 is 0 Å². The van der Waals surface area contributed by atoms with Crippen LogP contribution >= 0.6 is 39.0 Å². The van der Waals surface area contributed by atoms with E-state index in [0.717, 1.165) is 43.0 Å². The van der Waals surface area contributed by atoms with Crippen molar-refractivity contribution in [1.82, 2.24) is 24.7 Å². The lowest BCUT2D eigenvalue weighted by molar-refractivity contribution is 0.669. The summed E-state index contributed by atoms with van der Waals surface area (Å²) < 4.78 is 3.33. The number of pyridine rings is 1. The second-order valence-electron chi connectivity index (χ2n) is 6.59. The minimum absolute atomic E-state index is 0.500. The monoisotopic (exact) mass is 469 g/mol. The van der Waals surface area contributed by atoms with Gasteiger partial charge in [-0.25, -0.2) is 4.98 Å². The lowest BCUT2D eigenvalue weighted by Crippen LogP contribution is -2.00. The predicted octanol–water partition coefficient (Wildman–Crippen LogP) is 5.85. The Hall–Kier alpha value is -2.03. The molecule has 0 atom stereocenters. The van der Waals surface area contributed by atoms with Gasteiger partial charge in [-0.15, -0.1) is 21.5 Å². The molecule has 0 aliphatic heterocycles. The Morgan fingerprint density at radius 3 is 2.82 bits per heavy atom. The summed E-state index contributed by atoms with van der Waals surface area (Å²) in [5.74, 6) is 1.69. The van der Waals surface area contributed by atoms with Crippen LogP contribution in [0.5, 0.6) is 0 Å². The molecule has 1 saturated carbocycles. The van der Waals surface area contributed by atoms with Crippen molar-refractivity contribution in [1.29, 1.82) is 0 Å². The third kappa shape index (κ3) is 3.76. The molecule has 0 unspecified atom stereocenters. The summed E-state index contributed by atoms with van der Waals surface area (Å²) in [4.78, 5) is 9.02. The highest BCUT2D eigenvalue weighted by Gasteiger charge is 2.30. The first-order chi connectivity index (χ1) is 13.8. The van der Waals surface area contributed by atoms with E-state index in [1.165, 1.54) is 12.8 Å². The van der Waals surface area contributed by atoms with Gasteiger partial charge in [0.2, 0.25) is 0 Å². The summed E-state index contributed by atoms with van der Waals surface area (Å²) in [7, 11) is 0. The van der Waals surface area contributed by atoms with Crippen molar-refractivity contribution in [2.45, 2.75) is 29.8 Å². The highest BCUT2D eigenvalue weighted by atomic mass is 79.9. The fraction of sp³-hybridized carbons (Fsp3) is 0.200. The molecule has 0 bridgehead atoms. The van der Waals surface area contributed by atoms with Crippen molar-refractivity contribution in [3.05, 3.63) is 64.3 Å². The van der Waals surface area contributed by atoms with Crippen molar-refractivity contribution in [2.75, 3.05) is 0 Å². The number of benzene rings is 1. The Labute approximate surface area is 179 Å². The molecule has 1 aromatic carbocycles. The number of thiazole rings is 1. The molecular formula is C20H16BrN5S2. The minimum Gasteiger partial charge on any atom is -0.299 e. The Kier molecular flexibility index (Phi) is 5.00. The maximum Gasteiger partial charge on any atom is 0.192 e. The Bertz CT molecular complexity index is 1100. The van der Waals surface area contributed by atoms with E-state index in [1.807, 2.05) is 30.5 Å². The molecule has 0 saturated heterocycles. The molecule has 0 spiro atoms. The van der Waals surface area contributed by atoms with E-state index in [1.54, 1.807) is 29.3 Å². The predicted molar refractivity (Wildman–Crippen MR) is 116 cm³/mol. The number of hydrogen-bond acceptors (Lipinski definition) is 6. The molecule has 0 radical (unpaired) electrons. The van der Waals surface area contributed by atoms with E-state index >= 15 is 0 Å². The minimum atomic E-state index is 0.500. The van der Waals surface area contributed by atoms with Gasteiger partial charge >= 0.3 is 0 Å². The Morgan fingerprint density at radius 2 is 2.04 bits per heavy atom. The average Bonchev–Trinajstić information content (AvgIpc) is 3.29. The van der Waals surface area contributed by atoms with Crippen molar-refractivity contribution in [3.63, 3.8) is 0 Å². The van der Waals surface area contributed by atoms with Gasteiger partial charge < -0.3 is 0 Å². The average molecular weight is 470 g/mol. The lowest BCUT2D eigenvalue weighted by Gasteiger charge is -2.08. The summed E-state index contributed by atoms with van der Waals surface area (Å²) >= 11 is 6.90. The van der Waals surface area contributed by atoms with Gasteiger partial charge in [-0.3, -0.25) is 9.55 Å². The van der Waals surface area contributed by atoms with Crippen LogP contribution in [0, 0.1) is 0 Å². The third-order valence-electron chi connectivity index (χ3n) is 4.47. The molecule has 5 nitrogen and oxygen atoms in total. The summed E-state index contributed by atoms with van der Waals surface area (Å²) in [5, 5.41) is 13.0. The largest absolute Gasteiger partial charge is 0.299 e. The number of rotatable bonds is 6. The van der Waals surface area contributed by atoms with Gasteiger partial charge in [0.05, 0.1) is 5.69 Å². The van der Waals surface area contributed by atoms with E-state index in [-0.39, 0.29) is 0 Å². The summed E-state index contributed by atoms with van der Waals surface area (Å²) in [6.45, 7) is 0. The number of hydrogen-bond donors (Lipinski definition) is 0. The highest BCUT2D eigenvalue weighted by molar-refractivity contribution is 9.10. The van der Waals surface area contributed by atoms with Crippen molar-refractivity contribution >= 4 is 39.0 Å².